The van der Waals surface area contributed by atoms with Crippen LogP contribution in [-0.4, -0.2) is 69.0 Å². The number of aliphatic imine (C=N–C) groups is 1. The number of halogens is 4. The summed E-state index contributed by atoms with van der Waals surface area (Å²) in [5.41, 5.74) is 1.17. The van der Waals surface area contributed by atoms with E-state index in [2.05, 4.69) is 20.9 Å². The van der Waals surface area contributed by atoms with Gasteiger partial charge in [0.25, 0.3) is 0 Å². The summed E-state index contributed by atoms with van der Waals surface area (Å²) in [5.74, 6) is 0.599. The third kappa shape index (κ3) is 15.1. The summed E-state index contributed by atoms with van der Waals surface area (Å²) in [5, 5.41) is 8.95. The predicted molar refractivity (Wildman–Crippen MR) is 133 cm³/mol. The number of rotatable bonds is 9. The molecule has 0 aliphatic rings. The van der Waals surface area contributed by atoms with E-state index >= 15 is 0 Å². The lowest BCUT2D eigenvalue weighted by Gasteiger charge is -2.19. The normalized spacial score (nSPS) is 12.2. The molecule has 0 spiro atoms. The van der Waals surface area contributed by atoms with Crippen molar-refractivity contribution in [2.75, 3.05) is 45.6 Å². The molecular weight excluding hydrogens is 538 g/mol. The Morgan fingerprint density at radius 2 is 1.69 bits per heavy atom. The van der Waals surface area contributed by atoms with E-state index in [1.165, 1.54) is 11.9 Å². The van der Waals surface area contributed by atoms with Crippen molar-refractivity contribution in [3.8, 4) is 0 Å². The van der Waals surface area contributed by atoms with Gasteiger partial charge in [0.15, 0.2) is 5.96 Å². The van der Waals surface area contributed by atoms with E-state index in [4.69, 9.17) is 4.74 Å². The van der Waals surface area contributed by atoms with Crippen LogP contribution < -0.4 is 16.0 Å². The number of hydrogen-bond acceptors (Lipinski definition) is 4. The molecule has 7 nitrogen and oxygen atoms in total. The maximum atomic E-state index is 12.3. The average Bonchev–Trinajstić information content (AvgIpc) is 2.62. The number of amides is 1. The number of alkyl halides is 3. The van der Waals surface area contributed by atoms with Crippen molar-refractivity contribution in [2.24, 2.45) is 4.99 Å². The van der Waals surface area contributed by atoms with Crippen molar-refractivity contribution >= 4 is 41.7 Å². The zero-order valence-corrected chi connectivity index (χ0v) is 21.6. The van der Waals surface area contributed by atoms with Gasteiger partial charge in [0.2, 0.25) is 0 Å². The Bertz CT molecular complexity index is 707. The molecule has 0 heterocycles. The first kappa shape index (κ1) is 30.2. The van der Waals surface area contributed by atoms with E-state index < -0.39 is 24.4 Å². The first-order valence-electron chi connectivity index (χ1n) is 10.2. The molecule has 32 heavy (non-hydrogen) atoms. The predicted octanol–water partition coefficient (Wildman–Crippen LogP) is 4.24. The van der Waals surface area contributed by atoms with E-state index in [9.17, 15) is 18.0 Å². The molecule has 0 atom stereocenters. The molecule has 0 fully saturated rings. The molecule has 0 saturated heterocycles. The number of nitrogens with zero attached hydrogens (tertiary/aromatic N) is 2. The lowest BCUT2D eigenvalue weighted by atomic mass is 10.1. The summed E-state index contributed by atoms with van der Waals surface area (Å²) in [6.45, 7) is 5.99. The van der Waals surface area contributed by atoms with E-state index in [1.807, 2.05) is 24.3 Å². The van der Waals surface area contributed by atoms with Crippen LogP contribution >= 0.6 is 24.0 Å². The molecule has 0 saturated carbocycles. The van der Waals surface area contributed by atoms with Crippen molar-refractivity contribution in [3.63, 3.8) is 0 Å². The molecule has 0 aliphatic heterocycles. The highest BCUT2D eigenvalue weighted by Crippen LogP contribution is 2.15. The number of nitrogens with one attached hydrogen (secondary N) is 3. The van der Waals surface area contributed by atoms with Gasteiger partial charge in [0, 0.05) is 25.8 Å². The van der Waals surface area contributed by atoms with Gasteiger partial charge in [-0.25, -0.2) is 4.79 Å². The minimum absolute atomic E-state index is 0. The molecule has 1 amide bonds. The summed E-state index contributed by atoms with van der Waals surface area (Å²) in [4.78, 5) is 17.1. The maximum absolute atomic E-state index is 12.3. The number of carbonyl (C=O) groups excluding carboxylic acids is 1. The fraction of sp³-hybridized carbons (Fsp3) is 0.619. The Kier molecular flexibility index (Phi) is 13.6. The lowest BCUT2D eigenvalue weighted by Crippen LogP contribution is -2.40. The first-order chi connectivity index (χ1) is 14.4. The molecule has 0 aliphatic carbocycles. The summed E-state index contributed by atoms with van der Waals surface area (Å²) in [6.07, 6.45) is -3.37. The zero-order chi connectivity index (χ0) is 23.5. The fourth-order valence-electron chi connectivity index (χ4n) is 2.66. The molecular formula is C21H35F3IN5O2. The van der Waals surface area contributed by atoms with Crippen molar-refractivity contribution in [1.82, 2.24) is 15.5 Å². The Hall–Kier alpha value is -1.76. The topological polar surface area (TPSA) is 78.0 Å². The van der Waals surface area contributed by atoms with Gasteiger partial charge < -0.3 is 15.4 Å². The van der Waals surface area contributed by atoms with Gasteiger partial charge in [-0.2, -0.15) is 13.2 Å². The number of guanidine groups is 1. The third-order valence-electron chi connectivity index (χ3n) is 3.99. The SMILES string of the molecule is CN=C(NCCCN(C)CC(F)(F)F)NCCc1ccc(NC(=O)OC(C)(C)C)cc1.I. The summed E-state index contributed by atoms with van der Waals surface area (Å²) in [6, 6.07) is 7.45. The smallest absolute Gasteiger partial charge is 0.412 e. The Balaban J connectivity index is 0.00000961. The van der Waals surface area contributed by atoms with Crippen LogP contribution in [0.15, 0.2) is 29.3 Å². The largest absolute Gasteiger partial charge is 0.444 e. The van der Waals surface area contributed by atoms with Crippen LogP contribution in [0.1, 0.15) is 32.8 Å². The van der Waals surface area contributed by atoms with Crippen LogP contribution in [0, 0.1) is 0 Å². The van der Waals surface area contributed by atoms with E-state index in [1.54, 1.807) is 27.8 Å². The van der Waals surface area contributed by atoms with Crippen molar-refractivity contribution in [3.05, 3.63) is 29.8 Å². The van der Waals surface area contributed by atoms with Crippen LogP contribution in [0.5, 0.6) is 0 Å². The van der Waals surface area contributed by atoms with Crippen molar-refractivity contribution < 1.29 is 22.7 Å². The summed E-state index contributed by atoms with van der Waals surface area (Å²) >= 11 is 0. The maximum Gasteiger partial charge on any atom is 0.412 e. The molecule has 1 aromatic carbocycles. The number of hydrogen-bond donors (Lipinski definition) is 3. The minimum Gasteiger partial charge on any atom is -0.444 e. The van der Waals surface area contributed by atoms with Gasteiger partial charge in [-0.1, -0.05) is 12.1 Å². The van der Waals surface area contributed by atoms with E-state index in [0.29, 0.717) is 37.7 Å². The molecule has 3 N–H and O–H groups in total. The van der Waals surface area contributed by atoms with Gasteiger partial charge in [0.05, 0.1) is 6.54 Å². The fourth-order valence-corrected chi connectivity index (χ4v) is 2.66. The molecule has 1 rings (SSSR count). The average molecular weight is 573 g/mol. The van der Waals surface area contributed by atoms with Crippen molar-refractivity contribution in [2.45, 2.75) is 45.4 Å². The number of ether oxygens (including phenoxy) is 1. The van der Waals surface area contributed by atoms with Gasteiger partial charge in [0.1, 0.15) is 5.60 Å². The minimum atomic E-state index is -4.18. The van der Waals surface area contributed by atoms with Gasteiger partial charge in [-0.15, -0.1) is 24.0 Å². The Morgan fingerprint density at radius 3 is 2.22 bits per heavy atom. The zero-order valence-electron chi connectivity index (χ0n) is 19.3. The standard InChI is InChI=1S/C21H34F3N5O2.HI/c1-20(2,3)31-19(30)28-17-9-7-16(8-10-17)11-13-27-18(25-4)26-12-6-14-29(5)15-21(22,23)24;/h7-10H,6,11-15H2,1-5H3,(H,28,30)(H2,25,26,27);1H. The van der Waals surface area contributed by atoms with E-state index in [-0.39, 0.29) is 24.0 Å². The lowest BCUT2D eigenvalue weighted by molar-refractivity contribution is -0.143. The molecule has 1 aromatic rings. The van der Waals surface area contributed by atoms with Crippen molar-refractivity contribution in [1.29, 1.82) is 0 Å². The number of anilines is 1. The van der Waals surface area contributed by atoms with Crippen LogP contribution in [0.3, 0.4) is 0 Å². The van der Waals surface area contributed by atoms with Gasteiger partial charge in [-0.3, -0.25) is 15.2 Å². The molecule has 0 bridgehead atoms. The highest BCUT2D eigenvalue weighted by Gasteiger charge is 2.28. The third-order valence-corrected chi connectivity index (χ3v) is 3.99. The second-order valence-electron chi connectivity index (χ2n) is 8.21. The van der Waals surface area contributed by atoms with Gasteiger partial charge >= 0.3 is 12.3 Å². The second-order valence-corrected chi connectivity index (χ2v) is 8.21. The molecule has 0 radical (unpaired) electrons. The van der Waals surface area contributed by atoms with Crippen LogP contribution in [-0.2, 0) is 11.2 Å². The summed E-state index contributed by atoms with van der Waals surface area (Å²) in [7, 11) is 3.09. The molecule has 0 aromatic heterocycles. The summed E-state index contributed by atoms with van der Waals surface area (Å²) < 4.78 is 42.1. The Labute approximate surface area is 205 Å². The highest BCUT2D eigenvalue weighted by atomic mass is 127. The monoisotopic (exact) mass is 573 g/mol. The molecule has 11 heteroatoms. The van der Waals surface area contributed by atoms with Crippen LogP contribution in [0.4, 0.5) is 23.7 Å². The highest BCUT2D eigenvalue weighted by molar-refractivity contribution is 14.0. The number of carbonyl (C=O) groups is 1. The quantitative estimate of drug-likeness (QED) is 0.178. The van der Waals surface area contributed by atoms with Crippen LogP contribution in [0.2, 0.25) is 0 Å². The van der Waals surface area contributed by atoms with Gasteiger partial charge in [-0.05, 0) is 64.9 Å². The first-order valence-corrected chi connectivity index (χ1v) is 10.2. The Morgan fingerprint density at radius 1 is 1.09 bits per heavy atom. The molecule has 184 valence electrons. The second kappa shape index (κ2) is 14.4. The van der Waals surface area contributed by atoms with E-state index in [0.717, 1.165) is 12.0 Å². The molecule has 0 unspecified atom stereocenters. The number of benzene rings is 1. The van der Waals surface area contributed by atoms with Crippen LogP contribution in [0.25, 0.3) is 0 Å².